The molecule has 0 aromatic heterocycles. The molecule has 144 valence electrons. The number of carbonyl (C=O) groups excluding carboxylic acids is 2. The van der Waals surface area contributed by atoms with E-state index in [0.717, 1.165) is 39.3 Å². The van der Waals surface area contributed by atoms with E-state index in [1.54, 1.807) is 36.1 Å². The van der Waals surface area contributed by atoms with Crippen molar-refractivity contribution in [3.8, 4) is 0 Å². The summed E-state index contributed by atoms with van der Waals surface area (Å²) in [4.78, 5) is 28.8. The van der Waals surface area contributed by atoms with Gasteiger partial charge in [0.25, 0.3) is 5.91 Å². The van der Waals surface area contributed by atoms with Gasteiger partial charge in [0, 0.05) is 32.7 Å². The van der Waals surface area contributed by atoms with Crippen LogP contribution in [0.1, 0.15) is 23.7 Å². The summed E-state index contributed by atoms with van der Waals surface area (Å²) in [5, 5.41) is 0.418. The minimum absolute atomic E-state index is 0.159. The van der Waals surface area contributed by atoms with E-state index < -0.39 is 5.92 Å². The van der Waals surface area contributed by atoms with Crippen molar-refractivity contribution in [1.82, 2.24) is 9.80 Å². The number of benzene rings is 1. The van der Waals surface area contributed by atoms with Crippen LogP contribution < -0.4 is 0 Å². The lowest BCUT2D eigenvalue weighted by molar-refractivity contribution is -0.145. The normalized spacial score (nSPS) is 16.1. The summed E-state index contributed by atoms with van der Waals surface area (Å²) in [6, 6.07) is 6.99. The van der Waals surface area contributed by atoms with Crippen LogP contribution in [-0.4, -0.2) is 74.7 Å². The highest BCUT2D eigenvalue weighted by atomic mass is 35.5. The van der Waals surface area contributed by atoms with Crippen LogP contribution >= 0.6 is 11.6 Å². The molecule has 0 aliphatic carbocycles. The molecule has 0 radical (unpaired) electrons. The number of amides is 1. The van der Waals surface area contributed by atoms with Crippen molar-refractivity contribution in [2.24, 2.45) is 5.92 Å². The number of methoxy groups -OCH3 is 1. The summed E-state index contributed by atoms with van der Waals surface area (Å²) in [6.07, 6.45) is 0.823. The lowest BCUT2D eigenvalue weighted by atomic mass is 10.1. The number of rotatable bonds is 8. The quantitative estimate of drug-likeness (QED) is 0.646. The van der Waals surface area contributed by atoms with E-state index in [-0.39, 0.29) is 11.9 Å². The second kappa shape index (κ2) is 10.5. The predicted molar refractivity (Wildman–Crippen MR) is 100 cm³/mol. The second-order valence-electron chi connectivity index (χ2n) is 6.46. The molecular formula is C19H27ClN2O4. The second-order valence-corrected chi connectivity index (χ2v) is 6.87. The number of ether oxygens (including phenoxy) is 2. The van der Waals surface area contributed by atoms with Gasteiger partial charge in [0.15, 0.2) is 0 Å². The molecule has 26 heavy (non-hydrogen) atoms. The van der Waals surface area contributed by atoms with Gasteiger partial charge in [-0.3, -0.25) is 14.5 Å². The zero-order valence-electron chi connectivity index (χ0n) is 15.4. The van der Waals surface area contributed by atoms with Crippen LogP contribution in [0.2, 0.25) is 5.02 Å². The molecule has 0 saturated carbocycles. The van der Waals surface area contributed by atoms with Gasteiger partial charge in [0.1, 0.15) is 0 Å². The fourth-order valence-corrected chi connectivity index (χ4v) is 3.21. The highest BCUT2D eigenvalue weighted by Gasteiger charge is 2.24. The first-order valence-electron chi connectivity index (χ1n) is 8.94. The molecule has 1 aliphatic rings. The zero-order chi connectivity index (χ0) is 18.9. The minimum atomic E-state index is -0.394. The van der Waals surface area contributed by atoms with Gasteiger partial charge in [0.05, 0.1) is 36.8 Å². The van der Waals surface area contributed by atoms with Gasteiger partial charge < -0.3 is 14.4 Å². The highest BCUT2D eigenvalue weighted by molar-refractivity contribution is 6.33. The Hall–Kier alpha value is -1.63. The van der Waals surface area contributed by atoms with E-state index in [1.165, 1.54) is 7.11 Å². The van der Waals surface area contributed by atoms with E-state index in [4.69, 9.17) is 21.1 Å². The molecule has 2 rings (SSSR count). The summed E-state index contributed by atoms with van der Waals surface area (Å²) in [7, 11) is 1.36. The SMILES string of the molecule is COC(=O)C(C)CN(CCCN1CCOCC1)C(=O)c1ccccc1Cl. The number of hydrogen-bond donors (Lipinski definition) is 0. The summed E-state index contributed by atoms with van der Waals surface area (Å²) < 4.78 is 10.2. The molecule has 1 amide bonds. The Bertz CT molecular complexity index is 605. The molecule has 7 heteroatoms. The Labute approximate surface area is 160 Å². The Morgan fingerprint density at radius 3 is 2.65 bits per heavy atom. The van der Waals surface area contributed by atoms with E-state index in [0.29, 0.717) is 23.7 Å². The predicted octanol–water partition coefficient (Wildman–Crippen LogP) is 2.31. The molecule has 0 spiro atoms. The number of hydrogen-bond acceptors (Lipinski definition) is 5. The van der Waals surface area contributed by atoms with E-state index >= 15 is 0 Å². The van der Waals surface area contributed by atoms with Crippen molar-refractivity contribution in [2.75, 3.05) is 53.0 Å². The highest BCUT2D eigenvalue weighted by Crippen LogP contribution is 2.18. The van der Waals surface area contributed by atoms with Gasteiger partial charge in [-0.2, -0.15) is 0 Å². The van der Waals surface area contributed by atoms with Crippen molar-refractivity contribution in [2.45, 2.75) is 13.3 Å². The van der Waals surface area contributed by atoms with Gasteiger partial charge in [-0.25, -0.2) is 0 Å². The molecule has 1 heterocycles. The first kappa shape index (κ1) is 20.7. The van der Waals surface area contributed by atoms with Gasteiger partial charge in [-0.15, -0.1) is 0 Å². The first-order valence-corrected chi connectivity index (χ1v) is 9.32. The Morgan fingerprint density at radius 2 is 2.00 bits per heavy atom. The monoisotopic (exact) mass is 382 g/mol. The third kappa shape index (κ3) is 5.97. The van der Waals surface area contributed by atoms with Crippen molar-refractivity contribution >= 4 is 23.5 Å². The van der Waals surface area contributed by atoms with Crippen LogP contribution in [0.5, 0.6) is 0 Å². The average Bonchev–Trinajstić information content (AvgIpc) is 2.67. The third-order valence-corrected chi connectivity index (χ3v) is 4.82. The van der Waals surface area contributed by atoms with Gasteiger partial charge >= 0.3 is 5.97 Å². The molecule has 1 unspecified atom stereocenters. The smallest absolute Gasteiger partial charge is 0.310 e. The molecule has 1 saturated heterocycles. The zero-order valence-corrected chi connectivity index (χ0v) is 16.2. The largest absolute Gasteiger partial charge is 0.469 e. The standard InChI is InChI=1S/C19H27ClN2O4/c1-15(19(24)25-2)14-22(9-5-8-21-10-12-26-13-11-21)18(23)16-6-3-4-7-17(16)20/h3-4,6-7,15H,5,8-14H2,1-2H3. The number of morpholine rings is 1. The molecule has 0 bridgehead atoms. The van der Waals surface area contributed by atoms with Crippen LogP contribution in [0.3, 0.4) is 0 Å². The van der Waals surface area contributed by atoms with Crippen molar-refractivity contribution in [3.05, 3.63) is 34.9 Å². The van der Waals surface area contributed by atoms with Gasteiger partial charge in [-0.05, 0) is 18.6 Å². The summed E-state index contributed by atoms with van der Waals surface area (Å²) in [5.41, 5.74) is 0.456. The van der Waals surface area contributed by atoms with Crippen LogP contribution in [0, 0.1) is 5.92 Å². The summed E-state index contributed by atoms with van der Waals surface area (Å²) in [5.74, 6) is -0.877. The molecule has 1 aromatic rings. The summed E-state index contributed by atoms with van der Waals surface area (Å²) in [6.45, 7) is 6.85. The Balaban J connectivity index is 2.01. The van der Waals surface area contributed by atoms with Crippen molar-refractivity contribution < 1.29 is 19.1 Å². The molecule has 1 aliphatic heterocycles. The maximum Gasteiger partial charge on any atom is 0.310 e. The summed E-state index contributed by atoms with van der Waals surface area (Å²) >= 11 is 6.18. The van der Waals surface area contributed by atoms with Crippen LogP contribution in [-0.2, 0) is 14.3 Å². The topological polar surface area (TPSA) is 59.1 Å². The molecule has 1 aromatic carbocycles. The van der Waals surface area contributed by atoms with Crippen LogP contribution in [0.15, 0.2) is 24.3 Å². The fraction of sp³-hybridized carbons (Fsp3) is 0.579. The number of halogens is 1. The lowest BCUT2D eigenvalue weighted by Gasteiger charge is -2.29. The average molecular weight is 383 g/mol. The first-order chi connectivity index (χ1) is 12.5. The molecule has 1 atom stereocenters. The number of esters is 1. The molecule has 6 nitrogen and oxygen atoms in total. The van der Waals surface area contributed by atoms with E-state index in [1.807, 2.05) is 0 Å². The van der Waals surface area contributed by atoms with Gasteiger partial charge in [-0.1, -0.05) is 30.7 Å². The van der Waals surface area contributed by atoms with Crippen LogP contribution in [0.25, 0.3) is 0 Å². The lowest BCUT2D eigenvalue weighted by Crippen LogP contribution is -2.41. The van der Waals surface area contributed by atoms with Crippen molar-refractivity contribution in [1.29, 1.82) is 0 Å². The Morgan fingerprint density at radius 1 is 1.31 bits per heavy atom. The maximum absolute atomic E-state index is 13.0. The maximum atomic E-state index is 13.0. The fourth-order valence-electron chi connectivity index (χ4n) is 3.00. The molecule has 0 N–H and O–H groups in total. The third-order valence-electron chi connectivity index (χ3n) is 4.50. The van der Waals surface area contributed by atoms with Gasteiger partial charge in [0.2, 0.25) is 0 Å². The van der Waals surface area contributed by atoms with E-state index in [2.05, 4.69) is 4.90 Å². The van der Waals surface area contributed by atoms with Crippen molar-refractivity contribution in [3.63, 3.8) is 0 Å². The molecular weight excluding hydrogens is 356 g/mol. The van der Waals surface area contributed by atoms with E-state index in [9.17, 15) is 9.59 Å². The Kier molecular flexibility index (Phi) is 8.35. The van der Waals surface area contributed by atoms with Crippen LogP contribution in [0.4, 0.5) is 0 Å². The minimum Gasteiger partial charge on any atom is -0.469 e. The number of carbonyl (C=O) groups is 2. The molecule has 1 fully saturated rings. The number of nitrogens with zero attached hydrogens (tertiary/aromatic N) is 2.